The van der Waals surface area contributed by atoms with Crippen LogP contribution in [0.5, 0.6) is 0 Å². The predicted octanol–water partition coefficient (Wildman–Crippen LogP) is 0.247. The highest BCUT2D eigenvalue weighted by atomic mass is 16.4. The number of aliphatic hydroxyl groups is 1. The second-order valence-corrected chi connectivity index (χ2v) is 3.50. The van der Waals surface area contributed by atoms with E-state index >= 15 is 0 Å². The Morgan fingerprint density at radius 2 is 1.73 bits per heavy atom. The van der Waals surface area contributed by atoms with Gasteiger partial charge in [-0.05, 0) is 20.8 Å². The molecule has 0 aromatic carbocycles. The highest BCUT2D eigenvalue weighted by Gasteiger charge is 2.19. The minimum Gasteiger partial charge on any atom is -0.478 e. The molecular formula is C10H17NO4. The molecule has 1 atom stereocenters. The van der Waals surface area contributed by atoms with Crippen LogP contribution in [-0.4, -0.2) is 46.7 Å². The maximum absolute atomic E-state index is 11.7. The van der Waals surface area contributed by atoms with Crippen molar-refractivity contribution in [2.45, 2.75) is 26.8 Å². The van der Waals surface area contributed by atoms with Crippen molar-refractivity contribution in [3.8, 4) is 0 Å². The SMILES string of the molecule is CC(C(=O)O)=C(C)C(=O)N(C)C(C)CO. The lowest BCUT2D eigenvalue weighted by molar-refractivity contribution is -0.134. The van der Waals surface area contributed by atoms with E-state index in [2.05, 4.69) is 0 Å². The lowest BCUT2D eigenvalue weighted by atomic mass is 10.1. The molecule has 0 heterocycles. The second kappa shape index (κ2) is 5.50. The molecule has 86 valence electrons. The van der Waals surface area contributed by atoms with Crippen molar-refractivity contribution in [2.75, 3.05) is 13.7 Å². The molecule has 0 saturated heterocycles. The Labute approximate surface area is 89.0 Å². The maximum atomic E-state index is 11.7. The van der Waals surface area contributed by atoms with Gasteiger partial charge in [-0.15, -0.1) is 0 Å². The number of rotatable bonds is 4. The molecular weight excluding hydrogens is 198 g/mol. The van der Waals surface area contributed by atoms with Crippen LogP contribution in [0.2, 0.25) is 0 Å². The van der Waals surface area contributed by atoms with E-state index in [-0.39, 0.29) is 29.7 Å². The number of carboxylic acid groups (broad SMARTS) is 1. The van der Waals surface area contributed by atoms with Gasteiger partial charge in [0, 0.05) is 18.2 Å². The van der Waals surface area contributed by atoms with E-state index in [1.54, 1.807) is 6.92 Å². The number of aliphatic hydroxyl groups excluding tert-OH is 1. The zero-order valence-electron chi connectivity index (χ0n) is 9.44. The fourth-order valence-electron chi connectivity index (χ4n) is 0.908. The third kappa shape index (κ3) is 3.36. The summed E-state index contributed by atoms with van der Waals surface area (Å²) in [7, 11) is 1.53. The summed E-state index contributed by atoms with van der Waals surface area (Å²) < 4.78 is 0. The topological polar surface area (TPSA) is 77.8 Å². The van der Waals surface area contributed by atoms with Crippen LogP contribution in [0, 0.1) is 0 Å². The second-order valence-electron chi connectivity index (χ2n) is 3.50. The van der Waals surface area contributed by atoms with Gasteiger partial charge in [-0.1, -0.05) is 0 Å². The molecule has 15 heavy (non-hydrogen) atoms. The molecule has 0 fully saturated rings. The van der Waals surface area contributed by atoms with Gasteiger partial charge in [0.25, 0.3) is 0 Å². The van der Waals surface area contributed by atoms with E-state index in [0.717, 1.165) is 0 Å². The Hall–Kier alpha value is -1.36. The first kappa shape index (κ1) is 13.6. The van der Waals surface area contributed by atoms with E-state index in [1.807, 2.05) is 0 Å². The molecule has 0 aliphatic rings. The van der Waals surface area contributed by atoms with Crippen LogP contribution in [0.1, 0.15) is 20.8 Å². The minimum atomic E-state index is -1.11. The number of carbonyl (C=O) groups is 2. The molecule has 0 spiro atoms. The third-order valence-electron chi connectivity index (χ3n) is 2.45. The van der Waals surface area contributed by atoms with Crippen molar-refractivity contribution < 1.29 is 19.8 Å². The van der Waals surface area contributed by atoms with Gasteiger partial charge in [-0.2, -0.15) is 0 Å². The number of carbonyl (C=O) groups excluding carboxylic acids is 1. The highest BCUT2D eigenvalue weighted by molar-refractivity contribution is 6.01. The van der Waals surface area contributed by atoms with Crippen molar-refractivity contribution in [3.05, 3.63) is 11.1 Å². The lowest BCUT2D eigenvalue weighted by Crippen LogP contribution is -2.38. The number of aliphatic carboxylic acids is 1. The van der Waals surface area contributed by atoms with E-state index in [0.29, 0.717) is 0 Å². The van der Waals surface area contributed by atoms with Gasteiger partial charge < -0.3 is 15.1 Å². The summed E-state index contributed by atoms with van der Waals surface area (Å²) >= 11 is 0. The number of hydrogen-bond donors (Lipinski definition) is 2. The van der Waals surface area contributed by atoms with Crippen LogP contribution in [0.25, 0.3) is 0 Å². The molecule has 5 nitrogen and oxygen atoms in total. The van der Waals surface area contributed by atoms with Gasteiger partial charge in [-0.3, -0.25) is 4.79 Å². The average Bonchev–Trinajstić information content (AvgIpc) is 2.23. The first-order valence-corrected chi connectivity index (χ1v) is 4.61. The van der Waals surface area contributed by atoms with Crippen molar-refractivity contribution in [3.63, 3.8) is 0 Å². The lowest BCUT2D eigenvalue weighted by Gasteiger charge is -2.23. The summed E-state index contributed by atoms with van der Waals surface area (Å²) in [6, 6.07) is -0.325. The van der Waals surface area contributed by atoms with E-state index < -0.39 is 5.97 Å². The Morgan fingerprint density at radius 3 is 2.07 bits per heavy atom. The number of carboxylic acids is 1. The van der Waals surface area contributed by atoms with Crippen molar-refractivity contribution in [1.82, 2.24) is 4.90 Å². The Kier molecular flexibility index (Phi) is 5.00. The van der Waals surface area contributed by atoms with Gasteiger partial charge in [-0.25, -0.2) is 4.79 Å². The zero-order chi connectivity index (χ0) is 12.2. The molecule has 5 heteroatoms. The monoisotopic (exact) mass is 215 g/mol. The average molecular weight is 215 g/mol. The fourth-order valence-corrected chi connectivity index (χ4v) is 0.908. The maximum Gasteiger partial charge on any atom is 0.331 e. The number of amides is 1. The predicted molar refractivity (Wildman–Crippen MR) is 55.3 cm³/mol. The molecule has 0 aromatic rings. The summed E-state index contributed by atoms with van der Waals surface area (Å²) in [5, 5.41) is 17.6. The van der Waals surface area contributed by atoms with Gasteiger partial charge in [0.2, 0.25) is 5.91 Å². The van der Waals surface area contributed by atoms with E-state index in [1.165, 1.54) is 25.8 Å². The first-order chi connectivity index (χ1) is 6.82. The molecule has 0 aliphatic heterocycles. The summed E-state index contributed by atoms with van der Waals surface area (Å²) in [6.07, 6.45) is 0. The quantitative estimate of drug-likeness (QED) is 0.659. The normalized spacial score (nSPS) is 14.2. The molecule has 0 rings (SSSR count). The molecule has 0 radical (unpaired) electrons. The summed E-state index contributed by atoms with van der Waals surface area (Å²) in [5.41, 5.74) is 0.210. The van der Waals surface area contributed by atoms with Crippen LogP contribution in [0.4, 0.5) is 0 Å². The molecule has 0 saturated carbocycles. The Morgan fingerprint density at radius 1 is 1.27 bits per heavy atom. The zero-order valence-corrected chi connectivity index (χ0v) is 9.44. The van der Waals surface area contributed by atoms with E-state index in [4.69, 9.17) is 10.2 Å². The van der Waals surface area contributed by atoms with Crippen LogP contribution in [-0.2, 0) is 9.59 Å². The van der Waals surface area contributed by atoms with Gasteiger partial charge in [0.15, 0.2) is 0 Å². The van der Waals surface area contributed by atoms with Gasteiger partial charge >= 0.3 is 5.97 Å². The molecule has 0 bridgehead atoms. The van der Waals surface area contributed by atoms with E-state index in [9.17, 15) is 9.59 Å². The van der Waals surface area contributed by atoms with Crippen LogP contribution in [0.3, 0.4) is 0 Å². The number of hydrogen-bond acceptors (Lipinski definition) is 3. The van der Waals surface area contributed by atoms with Crippen LogP contribution >= 0.6 is 0 Å². The Balaban J connectivity index is 4.87. The fraction of sp³-hybridized carbons (Fsp3) is 0.600. The van der Waals surface area contributed by atoms with Gasteiger partial charge in [0.05, 0.1) is 12.6 Å². The standard InChI is InChI=1S/C10H17NO4/c1-6(5-12)11(4)9(13)7(2)8(3)10(14)15/h6,12H,5H2,1-4H3,(H,14,15). The van der Waals surface area contributed by atoms with Crippen LogP contribution in [0.15, 0.2) is 11.1 Å². The molecule has 0 aromatic heterocycles. The molecule has 1 amide bonds. The number of nitrogens with zero attached hydrogens (tertiary/aromatic N) is 1. The largest absolute Gasteiger partial charge is 0.478 e. The Bertz CT molecular complexity index is 296. The summed E-state index contributed by atoms with van der Waals surface area (Å²) in [6.45, 7) is 4.38. The van der Waals surface area contributed by atoms with Gasteiger partial charge in [0.1, 0.15) is 0 Å². The first-order valence-electron chi connectivity index (χ1n) is 4.61. The summed E-state index contributed by atoms with van der Waals surface area (Å²) in [5.74, 6) is -1.48. The van der Waals surface area contributed by atoms with Crippen molar-refractivity contribution in [1.29, 1.82) is 0 Å². The van der Waals surface area contributed by atoms with Crippen molar-refractivity contribution >= 4 is 11.9 Å². The minimum absolute atomic E-state index is 0.0250. The molecule has 1 unspecified atom stereocenters. The molecule has 2 N–H and O–H groups in total. The smallest absolute Gasteiger partial charge is 0.331 e. The molecule has 0 aliphatic carbocycles. The van der Waals surface area contributed by atoms with Crippen molar-refractivity contribution in [2.24, 2.45) is 0 Å². The summed E-state index contributed by atoms with van der Waals surface area (Å²) in [4.78, 5) is 23.6. The highest BCUT2D eigenvalue weighted by Crippen LogP contribution is 2.09. The third-order valence-corrected chi connectivity index (χ3v) is 2.45. The number of likely N-dealkylation sites (N-methyl/N-ethyl adjacent to an activating group) is 1. The van der Waals surface area contributed by atoms with Crippen LogP contribution < -0.4 is 0 Å².